The van der Waals surface area contributed by atoms with Crippen LogP contribution in [0, 0.1) is 88.4 Å². The quantitative estimate of drug-likeness (QED) is 0.227. The van der Waals surface area contributed by atoms with Gasteiger partial charge < -0.3 is 0 Å². The van der Waals surface area contributed by atoms with Crippen molar-refractivity contribution < 1.29 is 88.4 Å². The molecule has 0 saturated carbocycles. The molecule has 2 heteroatoms. The predicted octanol–water partition coefficient (Wildman–Crippen LogP) is 30.1. The molecule has 0 aliphatic heterocycles. The van der Waals surface area contributed by atoms with E-state index in [1.54, 1.807) is 0 Å². The van der Waals surface area contributed by atoms with Gasteiger partial charge in [0.1, 0.15) is 0 Å². The Balaban J connectivity index is -0.00000000910. The number of rotatable bonds is 0. The van der Waals surface area contributed by atoms with Crippen molar-refractivity contribution in [2.24, 2.45) is 0 Å². The van der Waals surface area contributed by atoms with Gasteiger partial charge >= 0.3 is 93.9 Å². The van der Waals surface area contributed by atoms with Crippen molar-refractivity contribution >= 4 is 0 Å². The molecule has 0 aliphatic rings. The van der Waals surface area contributed by atoms with Gasteiger partial charge in [0.2, 0.25) is 0 Å². The van der Waals surface area contributed by atoms with Gasteiger partial charge in [-0.25, -0.2) is 0 Å². The van der Waals surface area contributed by atoms with Gasteiger partial charge in [-0.3, -0.25) is 0 Å². The van der Waals surface area contributed by atoms with Crippen molar-refractivity contribution in [3.05, 3.63) is 0 Å². The van der Waals surface area contributed by atoms with E-state index in [9.17, 15) is 0 Å². The summed E-state index contributed by atoms with van der Waals surface area (Å²) in [4.78, 5) is 0. The van der Waals surface area contributed by atoms with E-state index >= 15 is 0 Å². The minimum absolute atomic E-state index is 0. The van der Waals surface area contributed by atoms with Gasteiger partial charge in [-0.2, -0.15) is 0 Å². The second-order valence-electron chi connectivity index (χ2n) is 7.78. The van der Waals surface area contributed by atoms with Crippen LogP contribution in [0.15, 0.2) is 0 Å². The molecule has 428 valence electrons. The van der Waals surface area contributed by atoms with Crippen LogP contribution in [0.2, 0.25) is 5.57 Å². The molecule has 0 N–H and O–H groups in total. The monoisotopic (exact) mass is 1160 g/mol. The average molecular weight is 1160 g/mol. The van der Waals surface area contributed by atoms with E-state index in [0.717, 1.165) is 0 Å². The summed E-state index contributed by atoms with van der Waals surface area (Å²) in [5.74, 6) is 0. The Morgan fingerprint density at radius 3 is 0.145 bits per heavy atom. The second-order valence-corrected chi connectivity index (χ2v) is 11.8. The molecular formula is C60H172Xe2. The van der Waals surface area contributed by atoms with Crippen LogP contribution >= 0.6 is 0 Å². The van der Waals surface area contributed by atoms with E-state index in [1.807, 2.05) is 166 Å². The Labute approximate surface area is 471 Å². The van der Waals surface area contributed by atoms with E-state index in [4.69, 9.17) is 0 Å². The summed E-state index contributed by atoms with van der Waals surface area (Å²) in [6.07, 6.45) is 12.5. The van der Waals surface area contributed by atoms with Crippen LogP contribution in [-0.2, 0) is 0 Å². The first kappa shape index (κ1) is 175. The van der Waals surface area contributed by atoms with E-state index in [2.05, 4.69) is 144 Å². The molecule has 62 heavy (non-hydrogen) atoms. The molecule has 0 radical (unpaired) electrons. The molecule has 0 spiro atoms. The SMILES string of the molecule is C.C.CC.CC.CC.CC.CC.CC.CC.CC.CC.CC.CC.CC.CCC.CCC.CCC.CCC.CCC.CCC.CCC.CCC.CCC.CCC.C[Xe]C.C[Xe]C. The van der Waals surface area contributed by atoms with Crippen molar-refractivity contribution in [2.45, 2.75) is 389 Å². The van der Waals surface area contributed by atoms with Crippen molar-refractivity contribution in [2.75, 3.05) is 0 Å². The maximum atomic E-state index is 2.22. The summed E-state index contributed by atoms with van der Waals surface area (Å²) >= 11 is 1.42. The first-order chi connectivity index (χ1) is 29.0. The topological polar surface area (TPSA) is 0 Å². The Kier molecular flexibility index (Phi) is 3150. The fourth-order valence-corrected chi connectivity index (χ4v) is 0. The van der Waals surface area contributed by atoms with E-state index in [1.165, 1.54) is 64.2 Å². The normalized spacial score (nSPS) is 4.77. The zero-order valence-electron chi connectivity index (χ0n) is 55.8. The molecule has 0 heterocycles. The summed E-state index contributed by atoms with van der Waals surface area (Å²) in [7, 11) is 0. The first-order valence-electron chi connectivity index (χ1n) is 27.6. The number of hydrogen-bond acceptors (Lipinski definition) is 0. The summed E-state index contributed by atoms with van der Waals surface area (Å²) in [5.41, 5.74) is 0. The van der Waals surface area contributed by atoms with E-state index in [0.29, 0.717) is 88.4 Å². The van der Waals surface area contributed by atoms with Gasteiger partial charge in [0.05, 0.1) is 0 Å². The Morgan fingerprint density at radius 2 is 0.145 bits per heavy atom. The van der Waals surface area contributed by atoms with Crippen LogP contribution in [0.1, 0.15) is 384 Å². The summed E-state index contributed by atoms with van der Waals surface area (Å²) in [6.45, 7) is 90.5. The number of hydrogen-bond donors (Lipinski definition) is 0. The molecule has 0 nitrogen and oxygen atoms in total. The second kappa shape index (κ2) is 1120. The van der Waals surface area contributed by atoms with Gasteiger partial charge in [0.25, 0.3) is 0 Å². The molecule has 0 aliphatic carbocycles. The Bertz CT molecular complexity index is 55.8. The zero-order valence-corrected chi connectivity index (χ0v) is 59.8. The summed E-state index contributed by atoms with van der Waals surface area (Å²) < 4.78 is 8.86. The fraction of sp³-hybridized carbons (Fsp3) is 1.00. The van der Waals surface area contributed by atoms with Crippen LogP contribution in [0.3, 0.4) is 0 Å². The van der Waals surface area contributed by atoms with Crippen LogP contribution in [-0.4, -0.2) is 0 Å². The van der Waals surface area contributed by atoms with Crippen molar-refractivity contribution in [3.63, 3.8) is 0 Å². The van der Waals surface area contributed by atoms with Gasteiger partial charge in [0, 0.05) is 0 Å². The molecule has 0 rings (SSSR count). The van der Waals surface area contributed by atoms with Crippen LogP contribution in [0.4, 0.5) is 0 Å². The first-order valence-corrected chi connectivity index (χ1v) is 35.6. The third-order valence-corrected chi connectivity index (χ3v) is 0. The predicted molar refractivity (Wildman–Crippen MR) is 333 cm³/mol. The molecule has 0 fully saturated rings. The van der Waals surface area contributed by atoms with Crippen molar-refractivity contribution in [3.8, 4) is 0 Å². The van der Waals surface area contributed by atoms with Crippen molar-refractivity contribution in [1.82, 2.24) is 0 Å². The van der Waals surface area contributed by atoms with Crippen LogP contribution in [0.25, 0.3) is 0 Å². The molecular weight excluding hydrogens is 983 g/mol. The molecule has 0 aromatic carbocycles. The molecule has 0 aromatic heterocycles. The zero-order chi connectivity index (χ0) is 56.5. The third kappa shape index (κ3) is 24700. The van der Waals surface area contributed by atoms with Crippen LogP contribution < -0.4 is 0 Å². The molecule has 0 atom stereocenters. The van der Waals surface area contributed by atoms with Gasteiger partial charge in [-0.05, 0) is 0 Å². The maximum absolute atomic E-state index is 2.22. The van der Waals surface area contributed by atoms with Crippen molar-refractivity contribution in [1.29, 1.82) is 0 Å². The minimum atomic E-state index is 0. The summed E-state index contributed by atoms with van der Waals surface area (Å²) in [5, 5.41) is 0. The van der Waals surface area contributed by atoms with Gasteiger partial charge in [0.15, 0.2) is 0 Å². The van der Waals surface area contributed by atoms with Gasteiger partial charge in [-0.15, -0.1) is 0 Å². The fourth-order valence-electron chi connectivity index (χ4n) is 0. The molecule has 0 unspecified atom stereocenters. The standard InChI is InChI=1S/10C3H8.2C2H6Xe.12C2H6.2CH4/c12*1-3-2;12*1-2;;/h10*3H2,1-2H3;2*1-2H3;12*1-2H3;2*1H4. The van der Waals surface area contributed by atoms with Crippen LogP contribution in [0.5, 0.6) is 0 Å². The average Bonchev–Trinajstić information content (AvgIpc) is 3.30. The molecule has 0 amide bonds. The summed E-state index contributed by atoms with van der Waals surface area (Å²) in [6, 6.07) is 0. The Hall–Kier alpha value is 3.14. The third-order valence-electron chi connectivity index (χ3n) is 0. The van der Waals surface area contributed by atoms with E-state index in [-0.39, 0.29) is 14.9 Å². The molecule has 0 saturated heterocycles. The molecule has 0 aromatic rings. The Morgan fingerprint density at radius 1 is 0.145 bits per heavy atom. The van der Waals surface area contributed by atoms with Gasteiger partial charge in [-0.1, -0.05) is 384 Å². The molecule has 0 bridgehead atoms. The van der Waals surface area contributed by atoms with E-state index < -0.39 is 0 Å².